The number of hydrogen-bond donors (Lipinski definition) is 0. The summed E-state index contributed by atoms with van der Waals surface area (Å²) in [5, 5.41) is 0. The van der Waals surface area contributed by atoms with Gasteiger partial charge in [-0.3, -0.25) is 0 Å². The van der Waals surface area contributed by atoms with E-state index in [1.54, 1.807) is 0 Å². The summed E-state index contributed by atoms with van der Waals surface area (Å²) in [5.74, 6) is 0. The van der Waals surface area contributed by atoms with Crippen molar-refractivity contribution >= 4 is 12.3 Å². The third kappa shape index (κ3) is 1.91. The van der Waals surface area contributed by atoms with Crippen LogP contribution in [0, 0.1) is 0 Å². The highest BCUT2D eigenvalue weighted by Gasteiger charge is 2.32. The van der Waals surface area contributed by atoms with Gasteiger partial charge in [-0.1, -0.05) is 0 Å². The van der Waals surface area contributed by atoms with Crippen LogP contribution in [0.4, 0.5) is 9.59 Å². The molecule has 2 bridgehead atoms. The van der Waals surface area contributed by atoms with Crippen molar-refractivity contribution in [2.24, 2.45) is 0 Å². The minimum absolute atomic E-state index is 0.153. The summed E-state index contributed by atoms with van der Waals surface area (Å²) in [6.45, 7) is 0. The maximum absolute atomic E-state index is 10.8. The molecule has 1 saturated heterocycles. The monoisotopic (exact) mass is 186 g/mol. The lowest BCUT2D eigenvalue weighted by Gasteiger charge is -2.29. The Bertz CT molecular complexity index is 215. The number of ether oxygens (including phenoxy) is 3. The van der Waals surface area contributed by atoms with Crippen LogP contribution in [0.5, 0.6) is 0 Å². The zero-order chi connectivity index (χ0) is 9.26. The number of cyclic esters (lactones) is 2. The van der Waals surface area contributed by atoms with Gasteiger partial charge in [-0.25, -0.2) is 9.59 Å². The fraction of sp³-hybridized carbons (Fsp3) is 0.750. The molecule has 1 heterocycles. The van der Waals surface area contributed by atoms with Crippen molar-refractivity contribution in [2.75, 3.05) is 0 Å². The van der Waals surface area contributed by atoms with Gasteiger partial charge in [0.2, 0.25) is 0 Å². The molecular formula is C8H10O5. The van der Waals surface area contributed by atoms with Crippen LogP contribution in [0.15, 0.2) is 0 Å². The van der Waals surface area contributed by atoms with E-state index in [2.05, 4.69) is 4.74 Å². The van der Waals surface area contributed by atoms with E-state index in [-0.39, 0.29) is 12.2 Å². The second-order valence-corrected chi connectivity index (χ2v) is 3.25. The molecule has 1 saturated carbocycles. The molecule has 1 aliphatic heterocycles. The van der Waals surface area contributed by atoms with E-state index < -0.39 is 12.3 Å². The molecule has 0 N–H and O–H groups in total. The van der Waals surface area contributed by atoms with Crippen LogP contribution in [0.25, 0.3) is 0 Å². The van der Waals surface area contributed by atoms with Gasteiger partial charge in [0.1, 0.15) is 12.2 Å². The highest BCUT2D eigenvalue weighted by molar-refractivity contribution is 5.77. The fourth-order valence-electron chi connectivity index (χ4n) is 1.70. The van der Waals surface area contributed by atoms with Gasteiger partial charge in [-0.05, 0) is 19.3 Å². The van der Waals surface area contributed by atoms with Crippen LogP contribution < -0.4 is 0 Å². The molecule has 1 aliphatic carbocycles. The first-order valence-corrected chi connectivity index (χ1v) is 4.33. The van der Waals surface area contributed by atoms with E-state index in [9.17, 15) is 9.59 Å². The Hall–Kier alpha value is -1.26. The second kappa shape index (κ2) is 3.24. The summed E-state index contributed by atoms with van der Waals surface area (Å²) in [5.41, 5.74) is 0. The number of hydrogen-bond acceptors (Lipinski definition) is 5. The van der Waals surface area contributed by atoms with Crippen LogP contribution in [0.3, 0.4) is 0 Å². The van der Waals surface area contributed by atoms with Crippen LogP contribution in [-0.2, 0) is 14.2 Å². The molecule has 5 heteroatoms. The number of carbonyl (C=O) groups is 2. The van der Waals surface area contributed by atoms with Crippen LogP contribution in [0.2, 0.25) is 0 Å². The Balaban J connectivity index is 2.06. The van der Waals surface area contributed by atoms with Gasteiger partial charge in [0.15, 0.2) is 0 Å². The molecule has 0 radical (unpaired) electrons. The molecule has 2 aliphatic rings. The Morgan fingerprint density at radius 3 is 2.08 bits per heavy atom. The Kier molecular flexibility index (Phi) is 2.08. The number of carbonyl (C=O) groups excluding carboxylic acids is 2. The van der Waals surface area contributed by atoms with Crippen LogP contribution in [0.1, 0.15) is 25.7 Å². The molecule has 0 spiro atoms. The van der Waals surface area contributed by atoms with Gasteiger partial charge >= 0.3 is 12.3 Å². The van der Waals surface area contributed by atoms with Crippen LogP contribution in [-0.4, -0.2) is 24.5 Å². The van der Waals surface area contributed by atoms with Crippen molar-refractivity contribution in [1.29, 1.82) is 0 Å². The standard InChI is InChI=1S/C8H10O5/c9-7-11-5-2-1-3-6(4-5)12-8(10)13-7/h5-6H,1-4H2. The summed E-state index contributed by atoms with van der Waals surface area (Å²) in [4.78, 5) is 21.6. The Morgan fingerprint density at radius 2 is 1.54 bits per heavy atom. The molecule has 2 fully saturated rings. The van der Waals surface area contributed by atoms with E-state index in [1.807, 2.05) is 0 Å². The predicted molar refractivity (Wildman–Crippen MR) is 40.1 cm³/mol. The van der Waals surface area contributed by atoms with Crippen molar-refractivity contribution in [3.05, 3.63) is 0 Å². The predicted octanol–water partition coefficient (Wildman–Crippen LogP) is 1.60. The lowest BCUT2D eigenvalue weighted by atomic mass is 9.95. The smallest absolute Gasteiger partial charge is 0.430 e. The average Bonchev–Trinajstić information content (AvgIpc) is 2.01. The first-order valence-electron chi connectivity index (χ1n) is 4.33. The zero-order valence-corrected chi connectivity index (χ0v) is 7.02. The van der Waals surface area contributed by atoms with Gasteiger partial charge in [0.05, 0.1) is 0 Å². The highest BCUT2D eigenvalue weighted by atomic mass is 16.8. The van der Waals surface area contributed by atoms with Crippen molar-refractivity contribution in [2.45, 2.75) is 37.9 Å². The minimum atomic E-state index is -0.949. The summed E-state index contributed by atoms with van der Waals surface area (Å²) < 4.78 is 13.9. The molecule has 2 rings (SSSR count). The molecule has 0 aromatic carbocycles. The van der Waals surface area contributed by atoms with E-state index in [0.717, 1.165) is 19.3 Å². The second-order valence-electron chi connectivity index (χ2n) is 3.25. The van der Waals surface area contributed by atoms with Crippen LogP contribution >= 0.6 is 0 Å². The molecule has 2 unspecified atom stereocenters. The lowest BCUT2D eigenvalue weighted by molar-refractivity contribution is -0.0569. The maximum atomic E-state index is 10.8. The number of fused-ring (bicyclic) bond motifs is 2. The molecule has 72 valence electrons. The summed E-state index contributed by atoms with van der Waals surface area (Å²) in [6.07, 6.45) is 0.952. The van der Waals surface area contributed by atoms with E-state index in [4.69, 9.17) is 9.47 Å². The first-order chi connectivity index (χ1) is 6.24. The molecule has 0 aromatic rings. The largest absolute Gasteiger partial charge is 0.518 e. The fourth-order valence-corrected chi connectivity index (χ4v) is 1.70. The molecule has 2 atom stereocenters. The Morgan fingerprint density at radius 1 is 1.00 bits per heavy atom. The third-order valence-electron chi connectivity index (χ3n) is 2.27. The third-order valence-corrected chi connectivity index (χ3v) is 2.27. The minimum Gasteiger partial charge on any atom is -0.430 e. The molecule has 0 amide bonds. The maximum Gasteiger partial charge on any atom is 0.518 e. The number of rotatable bonds is 0. The lowest BCUT2D eigenvalue weighted by Crippen LogP contribution is -2.35. The zero-order valence-electron chi connectivity index (χ0n) is 7.02. The van der Waals surface area contributed by atoms with Gasteiger partial charge < -0.3 is 14.2 Å². The van der Waals surface area contributed by atoms with Crippen molar-refractivity contribution < 1.29 is 23.8 Å². The topological polar surface area (TPSA) is 61.8 Å². The Labute approximate surface area is 74.9 Å². The normalized spacial score (nSPS) is 33.5. The summed E-state index contributed by atoms with van der Waals surface area (Å²) in [7, 11) is 0. The SMILES string of the molecule is O=C1OC(=O)OC2CCCC(C2)O1. The van der Waals surface area contributed by atoms with E-state index in [1.165, 1.54) is 0 Å². The average molecular weight is 186 g/mol. The summed E-state index contributed by atoms with van der Waals surface area (Å²) >= 11 is 0. The van der Waals surface area contributed by atoms with Crippen molar-refractivity contribution in [1.82, 2.24) is 0 Å². The van der Waals surface area contributed by atoms with Gasteiger partial charge in [-0.15, -0.1) is 0 Å². The highest BCUT2D eigenvalue weighted by Crippen LogP contribution is 2.25. The first kappa shape index (κ1) is 8.34. The van der Waals surface area contributed by atoms with Gasteiger partial charge in [-0.2, -0.15) is 0 Å². The molecule has 0 aromatic heterocycles. The molecule has 5 nitrogen and oxygen atoms in total. The quantitative estimate of drug-likeness (QED) is 0.424. The van der Waals surface area contributed by atoms with Crippen molar-refractivity contribution in [3.63, 3.8) is 0 Å². The molecule has 13 heavy (non-hydrogen) atoms. The molecular weight excluding hydrogens is 176 g/mol. The van der Waals surface area contributed by atoms with E-state index in [0.29, 0.717) is 6.42 Å². The van der Waals surface area contributed by atoms with Gasteiger partial charge in [0, 0.05) is 6.42 Å². The van der Waals surface area contributed by atoms with Gasteiger partial charge in [0.25, 0.3) is 0 Å². The van der Waals surface area contributed by atoms with Crippen molar-refractivity contribution in [3.8, 4) is 0 Å². The summed E-state index contributed by atoms with van der Waals surface area (Å²) in [6, 6.07) is 0. The van der Waals surface area contributed by atoms with E-state index >= 15 is 0 Å².